The third-order valence-corrected chi connectivity index (χ3v) is 6.81. The molecule has 8 aromatic rings. The van der Waals surface area contributed by atoms with Crippen molar-refractivity contribution in [3.05, 3.63) is 164 Å². The summed E-state index contributed by atoms with van der Waals surface area (Å²) in [5, 5.41) is 8.10. The van der Waals surface area contributed by atoms with Crippen LogP contribution in [0.1, 0.15) is 5.56 Å². The molecule has 0 amide bonds. The zero-order chi connectivity index (χ0) is 45.5. The van der Waals surface area contributed by atoms with Crippen LogP contribution in [0.2, 0.25) is 0 Å². The van der Waals surface area contributed by atoms with Gasteiger partial charge in [0.15, 0.2) is 0 Å². The number of halogens is 12. The third-order valence-electron chi connectivity index (χ3n) is 6.81. The number of aromatic nitrogens is 7. The molecule has 0 aliphatic carbocycles. The summed E-state index contributed by atoms with van der Waals surface area (Å²) >= 11 is 0. The van der Waals surface area contributed by atoms with Gasteiger partial charge in [-0.15, -0.1) is 0 Å². The van der Waals surface area contributed by atoms with E-state index in [-0.39, 0.29) is 19.5 Å². The molecule has 7 aromatic heterocycles. The summed E-state index contributed by atoms with van der Waals surface area (Å²) in [5.41, 5.74) is 9.39. The van der Waals surface area contributed by atoms with Gasteiger partial charge in [0.05, 0.1) is 50.7 Å². The van der Waals surface area contributed by atoms with E-state index in [1.807, 2.05) is 122 Å². The second-order valence-electron chi connectivity index (χ2n) is 11.9. The summed E-state index contributed by atoms with van der Waals surface area (Å²) in [6.07, 6.45) is 8.87. The van der Waals surface area contributed by atoms with Crippen molar-refractivity contribution < 1.29 is 74.9 Å². The Labute approximate surface area is 358 Å². The fourth-order valence-electron chi connectivity index (χ4n) is 4.60. The van der Waals surface area contributed by atoms with Crippen molar-refractivity contribution in [3.8, 4) is 34.2 Å². The quantitative estimate of drug-likeness (QED) is 0.0806. The van der Waals surface area contributed by atoms with Crippen LogP contribution in [-0.4, -0.2) is 47.1 Å². The first kappa shape index (κ1) is 52.5. The number of hydrogen-bond acceptors (Lipinski definition) is 8. The van der Waals surface area contributed by atoms with Gasteiger partial charge in [0.25, 0.3) is 0 Å². The van der Waals surface area contributed by atoms with Crippen LogP contribution < -0.4 is 0 Å². The normalized spacial score (nSPS) is 12.8. The number of aryl methyl sites for hydroxylation is 1. The Balaban J connectivity index is 0.000000281. The van der Waals surface area contributed by atoms with Gasteiger partial charge in [-0.2, -0.15) is 0 Å². The van der Waals surface area contributed by atoms with Crippen LogP contribution in [0.4, 0.5) is 50.4 Å². The monoisotopic (exact) mass is 1010 g/mol. The van der Waals surface area contributed by atoms with Crippen molar-refractivity contribution in [1.82, 2.24) is 34.9 Å². The Morgan fingerprint density at radius 2 is 0.742 bits per heavy atom. The molecule has 23 heteroatoms. The average molecular weight is 1010 g/mol. The zero-order valence-corrected chi connectivity index (χ0v) is 35.4. The number of para-hydroxylation sites is 1. The molecule has 0 saturated carbocycles. The molecule has 0 spiro atoms. The van der Waals surface area contributed by atoms with Crippen LogP contribution >= 0.6 is 15.6 Å². The van der Waals surface area contributed by atoms with Crippen LogP contribution in [0, 0.1) is 6.92 Å². The second kappa shape index (κ2) is 20.1. The number of nitrogens with zero attached hydrogens (tertiary/aromatic N) is 7. The predicted octanol–water partition coefficient (Wildman–Crippen LogP) is 14.8. The summed E-state index contributed by atoms with van der Waals surface area (Å²) in [7, 11) is -20.3. The molecule has 8 nitrogen and oxygen atoms in total. The molecule has 0 fully saturated rings. The van der Waals surface area contributed by atoms with Gasteiger partial charge in [-0.1, -0.05) is 48.5 Å². The van der Waals surface area contributed by atoms with Gasteiger partial charge < -0.3 is 5.11 Å². The summed E-state index contributed by atoms with van der Waals surface area (Å²) in [5.74, 6) is 0. The maximum atomic E-state index is 9.87. The smallest absolute Gasteiger partial charge is 0.255 e. The third kappa shape index (κ3) is 23.4. The predicted molar refractivity (Wildman–Crippen MR) is 215 cm³/mol. The molecule has 1 N–H and O–H groups in total. The van der Waals surface area contributed by atoms with Gasteiger partial charge in [-0.25, -0.2) is 9.97 Å². The van der Waals surface area contributed by atoms with E-state index in [0.29, 0.717) is 0 Å². The maximum absolute atomic E-state index is 10.7. The SMILES string of the molecule is CO.Cc1cccnc1-c1ccc2nc3ccccc3cc2n1.F[P-](F)(F)(F)(F)F.F[P-](F)(F)(F)(F)F.[Ru+2].c1ccc(-c2ccccn2)nc1.c1ccc(-c2ccccn2)nc1. The molecule has 0 radical (unpaired) electrons. The molecule has 62 heavy (non-hydrogen) atoms. The first-order valence-corrected chi connectivity index (χ1v) is 21.0. The van der Waals surface area contributed by atoms with E-state index in [1.54, 1.807) is 31.0 Å². The first-order chi connectivity index (χ1) is 28.1. The first-order valence-electron chi connectivity index (χ1n) is 17.0. The van der Waals surface area contributed by atoms with Crippen molar-refractivity contribution in [2.45, 2.75) is 6.92 Å². The average Bonchev–Trinajstić information content (AvgIpc) is 3.20. The van der Waals surface area contributed by atoms with Crippen LogP contribution in [0.15, 0.2) is 158 Å². The van der Waals surface area contributed by atoms with Gasteiger partial charge in [-0.05, 0) is 91.3 Å². The van der Waals surface area contributed by atoms with Crippen molar-refractivity contribution in [1.29, 1.82) is 0 Å². The Morgan fingerprint density at radius 1 is 0.371 bits per heavy atom. The van der Waals surface area contributed by atoms with Crippen LogP contribution in [0.25, 0.3) is 56.1 Å². The number of aliphatic hydroxyl groups is 1. The molecule has 0 bridgehead atoms. The van der Waals surface area contributed by atoms with Gasteiger partial charge in [0, 0.05) is 43.5 Å². The van der Waals surface area contributed by atoms with Crippen molar-refractivity contribution >= 4 is 37.6 Å². The second-order valence-corrected chi connectivity index (χ2v) is 15.7. The van der Waals surface area contributed by atoms with Crippen LogP contribution in [0.5, 0.6) is 0 Å². The Hall–Kier alpha value is -5.61. The van der Waals surface area contributed by atoms with E-state index in [9.17, 15) is 50.4 Å². The largest absolute Gasteiger partial charge is 2.00 e. The number of pyridine rings is 7. The number of benzene rings is 1. The Kier molecular flexibility index (Phi) is 17.0. The van der Waals surface area contributed by atoms with Gasteiger partial charge in [0.1, 0.15) is 0 Å². The molecule has 332 valence electrons. The van der Waals surface area contributed by atoms with Crippen molar-refractivity contribution in [2.24, 2.45) is 0 Å². The molecule has 0 saturated heterocycles. The minimum absolute atomic E-state index is 0. The minimum Gasteiger partial charge on any atom is -0.255 e. The molecule has 0 atom stereocenters. The van der Waals surface area contributed by atoms with Crippen molar-refractivity contribution in [3.63, 3.8) is 0 Å². The van der Waals surface area contributed by atoms with E-state index in [1.165, 1.54) is 0 Å². The van der Waals surface area contributed by atoms with E-state index < -0.39 is 15.6 Å². The topological polar surface area (TPSA) is 110 Å². The Bertz CT molecular complexity index is 2410. The standard InChI is InChI=1S/C18H13N3.2C10H8N2.CH4O.2F6P.Ru/c1-12-5-4-10-19-18(12)16-9-8-15-17(21-16)11-13-6-2-3-7-14(13)20-15;2*1-3-7-11-9(5-1)10-6-2-4-8-12-10;1-2;2*1-7(2,3,4,5)6;/h2-11H,1H3;2*1-8H;2H,1H3;;;/q;;;;2*-1;+2. The summed E-state index contributed by atoms with van der Waals surface area (Å²) in [4.78, 5) is 30.6. The zero-order valence-electron chi connectivity index (χ0n) is 31.9. The molecule has 0 unspecified atom stereocenters. The van der Waals surface area contributed by atoms with Crippen LogP contribution in [0.3, 0.4) is 0 Å². The van der Waals surface area contributed by atoms with Crippen molar-refractivity contribution in [2.75, 3.05) is 7.11 Å². The molecule has 1 aromatic carbocycles. The fourth-order valence-corrected chi connectivity index (χ4v) is 4.60. The van der Waals surface area contributed by atoms with Gasteiger partial charge >= 0.3 is 85.5 Å². The molecule has 0 aliphatic rings. The number of rotatable bonds is 3. The van der Waals surface area contributed by atoms with Gasteiger partial charge in [0.2, 0.25) is 0 Å². The Morgan fingerprint density at radius 3 is 1.11 bits per heavy atom. The maximum Gasteiger partial charge on any atom is 2.00 e. The molecule has 7 heterocycles. The van der Waals surface area contributed by atoms with E-state index in [2.05, 4.69) is 42.0 Å². The molecular weight excluding hydrogens is 973 g/mol. The summed E-state index contributed by atoms with van der Waals surface area (Å²) in [6.45, 7) is 2.05. The molecule has 0 aliphatic heterocycles. The summed E-state index contributed by atoms with van der Waals surface area (Å²) in [6, 6.07) is 41.4. The van der Waals surface area contributed by atoms with Gasteiger partial charge in [-0.3, -0.25) is 24.9 Å². The number of fused-ring (bicyclic) bond motifs is 2. The van der Waals surface area contributed by atoms with Crippen LogP contribution in [-0.2, 0) is 19.5 Å². The molecular formula is C39H33F12N7OP2Ru. The van der Waals surface area contributed by atoms with E-state index in [4.69, 9.17) is 10.1 Å². The number of hydrogen-bond donors (Lipinski definition) is 1. The van der Waals surface area contributed by atoms with E-state index in [0.717, 1.165) is 68.8 Å². The summed E-state index contributed by atoms with van der Waals surface area (Å²) < 4.78 is 118. The molecule has 8 rings (SSSR count). The minimum atomic E-state index is -10.7. The fraction of sp³-hybridized carbons (Fsp3) is 0.0513. The van der Waals surface area contributed by atoms with E-state index >= 15 is 0 Å². The number of aliphatic hydroxyl groups excluding tert-OH is 1.